The van der Waals surface area contributed by atoms with Crippen molar-refractivity contribution >= 4 is 6.29 Å². The minimum Gasteiger partial charge on any atom is -0.335 e. The van der Waals surface area contributed by atoms with E-state index >= 15 is 0 Å². The van der Waals surface area contributed by atoms with Gasteiger partial charge in [0, 0.05) is 31.8 Å². The lowest BCUT2D eigenvalue weighted by molar-refractivity contribution is -0.108. The quantitative estimate of drug-likeness (QED) is 0.604. The number of aryl methyl sites for hydroxylation is 2. The van der Waals surface area contributed by atoms with Crippen LogP contribution in [0.1, 0.15) is 19.2 Å². The average Bonchev–Trinajstić information content (AvgIpc) is 2.47. The molecule has 11 heavy (non-hydrogen) atoms. The Morgan fingerprint density at radius 1 is 1.73 bits per heavy atom. The van der Waals surface area contributed by atoms with Gasteiger partial charge in [-0.15, -0.1) is 0 Å². The summed E-state index contributed by atoms with van der Waals surface area (Å²) in [7, 11) is 0. The van der Waals surface area contributed by atoms with Crippen molar-refractivity contribution in [3.8, 4) is 0 Å². The third-order valence-electron chi connectivity index (χ3n) is 1.61. The van der Waals surface area contributed by atoms with Crippen molar-refractivity contribution in [2.75, 3.05) is 0 Å². The molecule has 0 aromatic carbocycles. The second kappa shape index (κ2) is 3.91. The Labute approximate surface area is 66.1 Å². The number of nitrogens with zero attached hydrogens (tertiary/aromatic N) is 2. The van der Waals surface area contributed by atoms with Crippen LogP contribution < -0.4 is 0 Å². The highest BCUT2D eigenvalue weighted by Crippen LogP contribution is 1.98. The third kappa shape index (κ3) is 1.90. The van der Waals surface area contributed by atoms with Gasteiger partial charge >= 0.3 is 0 Å². The SMILES string of the molecule is CCc1nccn1CCC=O. The van der Waals surface area contributed by atoms with E-state index in [-0.39, 0.29) is 0 Å². The second-order valence-corrected chi connectivity index (χ2v) is 2.35. The summed E-state index contributed by atoms with van der Waals surface area (Å²) in [6.07, 6.45) is 6.10. The predicted octanol–water partition coefficient (Wildman–Crippen LogP) is 1.03. The van der Waals surface area contributed by atoms with Crippen molar-refractivity contribution < 1.29 is 4.79 Å². The van der Waals surface area contributed by atoms with E-state index in [4.69, 9.17) is 0 Å². The Bertz CT molecular complexity index is 230. The second-order valence-electron chi connectivity index (χ2n) is 2.35. The van der Waals surface area contributed by atoms with E-state index < -0.39 is 0 Å². The van der Waals surface area contributed by atoms with Crippen molar-refractivity contribution in [3.63, 3.8) is 0 Å². The van der Waals surface area contributed by atoms with Crippen LogP contribution in [0.5, 0.6) is 0 Å². The number of aldehydes is 1. The van der Waals surface area contributed by atoms with Crippen LogP contribution in [0.25, 0.3) is 0 Å². The maximum Gasteiger partial charge on any atom is 0.121 e. The van der Waals surface area contributed by atoms with E-state index in [9.17, 15) is 4.79 Å². The molecule has 0 amide bonds. The van der Waals surface area contributed by atoms with Gasteiger partial charge in [-0.05, 0) is 0 Å². The number of imidazole rings is 1. The predicted molar refractivity (Wildman–Crippen MR) is 42.3 cm³/mol. The normalized spacial score (nSPS) is 9.91. The molecule has 1 heterocycles. The molecule has 0 atom stereocenters. The summed E-state index contributed by atoms with van der Waals surface area (Å²) in [5, 5.41) is 0. The molecule has 3 nitrogen and oxygen atoms in total. The summed E-state index contributed by atoms with van der Waals surface area (Å²) >= 11 is 0. The zero-order valence-electron chi connectivity index (χ0n) is 6.66. The minimum absolute atomic E-state index is 0.573. The molecular formula is C8H12N2O. The Morgan fingerprint density at radius 3 is 3.18 bits per heavy atom. The third-order valence-corrected chi connectivity index (χ3v) is 1.61. The lowest BCUT2D eigenvalue weighted by Crippen LogP contribution is -2.02. The molecule has 1 rings (SSSR count). The van der Waals surface area contributed by atoms with E-state index in [2.05, 4.69) is 11.9 Å². The first-order valence-electron chi connectivity index (χ1n) is 3.82. The maximum absolute atomic E-state index is 10.1. The molecule has 0 radical (unpaired) electrons. The topological polar surface area (TPSA) is 34.9 Å². The highest BCUT2D eigenvalue weighted by atomic mass is 16.1. The number of aromatic nitrogens is 2. The van der Waals surface area contributed by atoms with Crippen LogP contribution in [-0.4, -0.2) is 15.8 Å². The molecule has 1 aromatic rings. The van der Waals surface area contributed by atoms with Gasteiger partial charge in [0.25, 0.3) is 0 Å². The molecular weight excluding hydrogens is 140 g/mol. The summed E-state index contributed by atoms with van der Waals surface area (Å²) in [5.74, 6) is 1.05. The summed E-state index contributed by atoms with van der Waals surface area (Å²) < 4.78 is 2.01. The van der Waals surface area contributed by atoms with E-state index in [1.165, 1.54) is 0 Å². The van der Waals surface area contributed by atoms with Crippen molar-refractivity contribution in [1.29, 1.82) is 0 Å². The number of carbonyl (C=O) groups is 1. The summed E-state index contributed by atoms with van der Waals surface area (Å²) in [6, 6.07) is 0. The highest BCUT2D eigenvalue weighted by molar-refractivity contribution is 5.48. The fraction of sp³-hybridized carbons (Fsp3) is 0.500. The van der Waals surface area contributed by atoms with Gasteiger partial charge in [0.1, 0.15) is 12.1 Å². The number of carbonyl (C=O) groups excluding carboxylic acids is 1. The fourth-order valence-corrected chi connectivity index (χ4v) is 1.05. The minimum atomic E-state index is 0.573. The monoisotopic (exact) mass is 152 g/mol. The maximum atomic E-state index is 10.1. The molecule has 0 fully saturated rings. The van der Waals surface area contributed by atoms with Crippen LogP contribution >= 0.6 is 0 Å². The lowest BCUT2D eigenvalue weighted by atomic mass is 10.4. The van der Waals surface area contributed by atoms with Gasteiger partial charge < -0.3 is 9.36 Å². The zero-order chi connectivity index (χ0) is 8.10. The molecule has 0 spiro atoms. The van der Waals surface area contributed by atoms with Gasteiger partial charge in [-0.3, -0.25) is 0 Å². The highest BCUT2D eigenvalue weighted by Gasteiger charge is 1.97. The Hall–Kier alpha value is -1.12. The number of hydrogen-bond acceptors (Lipinski definition) is 2. The summed E-state index contributed by atoms with van der Waals surface area (Å²) in [6.45, 7) is 2.81. The van der Waals surface area contributed by atoms with Crippen LogP contribution in [0, 0.1) is 0 Å². The number of hydrogen-bond donors (Lipinski definition) is 0. The number of rotatable bonds is 4. The molecule has 0 aliphatic carbocycles. The van der Waals surface area contributed by atoms with Gasteiger partial charge in [0.05, 0.1) is 0 Å². The lowest BCUT2D eigenvalue weighted by Gasteiger charge is -2.01. The van der Waals surface area contributed by atoms with Crippen molar-refractivity contribution in [3.05, 3.63) is 18.2 Å². The Morgan fingerprint density at radius 2 is 2.55 bits per heavy atom. The van der Waals surface area contributed by atoms with Crippen LogP contribution in [0.15, 0.2) is 12.4 Å². The smallest absolute Gasteiger partial charge is 0.121 e. The van der Waals surface area contributed by atoms with Crippen LogP contribution in [0.4, 0.5) is 0 Å². The average molecular weight is 152 g/mol. The molecule has 0 unspecified atom stereocenters. The molecule has 0 N–H and O–H groups in total. The summed E-state index contributed by atoms with van der Waals surface area (Å²) in [4.78, 5) is 14.2. The van der Waals surface area contributed by atoms with Gasteiger partial charge in [-0.2, -0.15) is 0 Å². The molecule has 0 aliphatic heterocycles. The van der Waals surface area contributed by atoms with Crippen LogP contribution in [-0.2, 0) is 17.8 Å². The first kappa shape index (κ1) is 7.98. The molecule has 0 saturated carbocycles. The molecule has 3 heteroatoms. The molecule has 0 bridgehead atoms. The standard InChI is InChI=1S/C8H12N2O/c1-2-8-9-4-6-10(8)5-3-7-11/h4,6-7H,2-3,5H2,1H3. The van der Waals surface area contributed by atoms with Crippen molar-refractivity contribution in [2.45, 2.75) is 26.3 Å². The van der Waals surface area contributed by atoms with Crippen molar-refractivity contribution in [1.82, 2.24) is 9.55 Å². The fourth-order valence-electron chi connectivity index (χ4n) is 1.05. The van der Waals surface area contributed by atoms with E-state index in [1.807, 2.05) is 10.8 Å². The van der Waals surface area contributed by atoms with Gasteiger partial charge in [-0.1, -0.05) is 6.92 Å². The van der Waals surface area contributed by atoms with E-state index in [1.54, 1.807) is 6.20 Å². The Balaban J connectivity index is 2.60. The van der Waals surface area contributed by atoms with E-state index in [0.717, 1.165) is 25.1 Å². The largest absolute Gasteiger partial charge is 0.335 e. The van der Waals surface area contributed by atoms with Gasteiger partial charge in [0.15, 0.2) is 0 Å². The van der Waals surface area contributed by atoms with Gasteiger partial charge in [0.2, 0.25) is 0 Å². The molecule has 0 saturated heterocycles. The van der Waals surface area contributed by atoms with E-state index in [0.29, 0.717) is 6.42 Å². The van der Waals surface area contributed by atoms with Crippen LogP contribution in [0.2, 0.25) is 0 Å². The zero-order valence-corrected chi connectivity index (χ0v) is 6.66. The Kier molecular flexibility index (Phi) is 2.83. The molecule has 1 aromatic heterocycles. The first-order chi connectivity index (χ1) is 5.38. The first-order valence-corrected chi connectivity index (χ1v) is 3.82. The molecule has 0 aliphatic rings. The van der Waals surface area contributed by atoms with Gasteiger partial charge in [-0.25, -0.2) is 4.98 Å². The summed E-state index contributed by atoms with van der Waals surface area (Å²) in [5.41, 5.74) is 0. The van der Waals surface area contributed by atoms with Crippen molar-refractivity contribution in [2.24, 2.45) is 0 Å². The van der Waals surface area contributed by atoms with Crippen LogP contribution in [0.3, 0.4) is 0 Å². The molecule has 60 valence electrons.